The van der Waals surface area contributed by atoms with Crippen molar-refractivity contribution in [3.63, 3.8) is 0 Å². The smallest absolute Gasteiger partial charge is 0.271 e. The first kappa shape index (κ1) is 25.7. The highest BCUT2D eigenvalue weighted by Crippen LogP contribution is 2.37. The maximum Gasteiger partial charge on any atom is 0.271 e. The SMILES string of the molecule is CCOC1=CN2NC3NNCC3=C2C(c2cnc(N3CCC(C)(NC(=O)c4ncc(F)cc4Cl)CC3)cn2)=C1. The lowest BCUT2D eigenvalue weighted by Crippen LogP contribution is -2.53. The Bertz CT molecular complexity index is 1390. The van der Waals surface area contributed by atoms with Crippen molar-refractivity contribution >= 4 is 28.9 Å². The van der Waals surface area contributed by atoms with Crippen molar-refractivity contribution in [3.05, 3.63) is 76.2 Å². The summed E-state index contributed by atoms with van der Waals surface area (Å²) in [6.07, 6.45) is 9.91. The van der Waals surface area contributed by atoms with Gasteiger partial charge in [0.25, 0.3) is 5.91 Å². The molecule has 4 N–H and O–H groups in total. The number of piperidine rings is 1. The van der Waals surface area contributed by atoms with Crippen LogP contribution in [0.15, 0.2) is 54.0 Å². The second kappa shape index (κ2) is 10.2. The van der Waals surface area contributed by atoms with E-state index in [1.54, 1.807) is 12.4 Å². The Balaban J connectivity index is 1.15. The number of anilines is 1. The van der Waals surface area contributed by atoms with E-state index in [9.17, 15) is 9.18 Å². The number of halogens is 2. The van der Waals surface area contributed by atoms with E-state index >= 15 is 0 Å². The molecule has 11 nitrogen and oxygen atoms in total. The van der Waals surface area contributed by atoms with Gasteiger partial charge in [0.05, 0.1) is 47.8 Å². The molecule has 39 heavy (non-hydrogen) atoms. The molecular formula is C26H29ClFN9O2. The molecule has 4 aliphatic rings. The number of nitrogens with zero attached hydrogens (tertiary/aromatic N) is 5. The zero-order valence-electron chi connectivity index (χ0n) is 21.6. The summed E-state index contributed by atoms with van der Waals surface area (Å²) in [5, 5.41) is 5.00. The molecule has 2 aromatic heterocycles. The number of pyridine rings is 1. The molecule has 4 aliphatic heterocycles. The van der Waals surface area contributed by atoms with Gasteiger partial charge in [0.1, 0.15) is 29.3 Å². The van der Waals surface area contributed by atoms with E-state index in [4.69, 9.17) is 26.3 Å². The summed E-state index contributed by atoms with van der Waals surface area (Å²) in [6, 6.07) is 1.09. The largest absolute Gasteiger partial charge is 0.492 e. The number of aromatic nitrogens is 3. The summed E-state index contributed by atoms with van der Waals surface area (Å²) in [6.45, 7) is 6.59. The Morgan fingerprint density at radius 2 is 2.08 bits per heavy atom. The average Bonchev–Trinajstić information content (AvgIpc) is 3.50. The Morgan fingerprint density at radius 3 is 2.79 bits per heavy atom. The molecule has 6 heterocycles. The summed E-state index contributed by atoms with van der Waals surface area (Å²) >= 11 is 6.02. The van der Waals surface area contributed by atoms with E-state index < -0.39 is 17.3 Å². The standard InChI is InChI=1S/C26H29ClFN9O2/c1-3-39-16-9-17(23-18-11-32-34-24(18)35-37(23)14-16)20-12-30-21(13-29-20)36-6-4-26(2,5-7-36)33-25(38)22-19(27)8-15(28)10-31-22/h8-10,12-14,24,32,34-35H,3-7,11H2,1-2H3,(H,33,38). The summed E-state index contributed by atoms with van der Waals surface area (Å²) in [5.41, 5.74) is 13.3. The van der Waals surface area contributed by atoms with Crippen molar-refractivity contribution < 1.29 is 13.9 Å². The van der Waals surface area contributed by atoms with Gasteiger partial charge >= 0.3 is 0 Å². The predicted molar refractivity (Wildman–Crippen MR) is 143 cm³/mol. The Kier molecular flexibility index (Phi) is 6.71. The maximum absolute atomic E-state index is 13.3. The molecule has 0 aliphatic carbocycles. The highest BCUT2D eigenvalue weighted by molar-refractivity contribution is 6.33. The molecule has 13 heteroatoms. The summed E-state index contributed by atoms with van der Waals surface area (Å²) < 4.78 is 19.1. The molecule has 0 radical (unpaired) electrons. The number of nitrogens with one attached hydrogen (secondary N) is 4. The van der Waals surface area contributed by atoms with Crippen LogP contribution >= 0.6 is 11.6 Å². The fourth-order valence-corrected chi connectivity index (χ4v) is 5.48. The average molecular weight is 554 g/mol. The van der Waals surface area contributed by atoms with E-state index in [2.05, 4.69) is 31.5 Å². The fourth-order valence-electron chi connectivity index (χ4n) is 5.24. The van der Waals surface area contributed by atoms with Crippen LogP contribution in [0.1, 0.15) is 42.9 Å². The molecule has 204 valence electrons. The van der Waals surface area contributed by atoms with Crippen molar-refractivity contribution in [2.24, 2.45) is 0 Å². The Morgan fingerprint density at radius 1 is 1.26 bits per heavy atom. The van der Waals surface area contributed by atoms with Gasteiger partial charge in [0, 0.05) is 36.3 Å². The first-order chi connectivity index (χ1) is 18.8. The van der Waals surface area contributed by atoms with E-state index in [0.717, 1.165) is 47.3 Å². The molecule has 0 saturated carbocycles. The number of hydrogen-bond donors (Lipinski definition) is 4. The van der Waals surface area contributed by atoms with Crippen molar-refractivity contribution in [2.75, 3.05) is 31.1 Å². The van der Waals surface area contributed by atoms with Crippen LogP contribution in [0, 0.1) is 5.82 Å². The first-order valence-electron chi connectivity index (χ1n) is 12.9. The molecule has 2 aromatic rings. The molecule has 6 rings (SSSR count). The van der Waals surface area contributed by atoms with Gasteiger partial charge < -0.3 is 15.0 Å². The number of hydrogen-bond acceptors (Lipinski definition) is 10. The highest BCUT2D eigenvalue weighted by Gasteiger charge is 2.38. The van der Waals surface area contributed by atoms with Crippen LogP contribution in [0.2, 0.25) is 5.02 Å². The number of carbonyl (C=O) groups excluding carboxylic acids is 1. The van der Waals surface area contributed by atoms with Gasteiger partial charge in [-0.15, -0.1) is 0 Å². The molecule has 1 unspecified atom stereocenters. The lowest BCUT2D eigenvalue weighted by Gasteiger charge is -2.40. The second-order valence-electron chi connectivity index (χ2n) is 10.1. The number of amides is 1. The van der Waals surface area contributed by atoms with Crippen molar-refractivity contribution in [1.82, 2.24) is 41.6 Å². The van der Waals surface area contributed by atoms with Crippen LogP contribution < -0.4 is 26.5 Å². The predicted octanol–water partition coefficient (Wildman–Crippen LogP) is 2.24. The highest BCUT2D eigenvalue weighted by atomic mass is 35.5. The zero-order chi connectivity index (χ0) is 27.1. The molecule has 1 atom stereocenters. The van der Waals surface area contributed by atoms with Gasteiger partial charge in [-0.1, -0.05) is 11.6 Å². The minimum absolute atomic E-state index is 0.00544. The van der Waals surface area contributed by atoms with Crippen LogP contribution in [0.5, 0.6) is 0 Å². The minimum Gasteiger partial charge on any atom is -0.492 e. The number of ether oxygens (including phenoxy) is 1. The molecule has 2 fully saturated rings. The molecule has 2 saturated heterocycles. The fraction of sp³-hybridized carbons (Fsp3) is 0.385. The summed E-state index contributed by atoms with van der Waals surface area (Å²) in [4.78, 5) is 28.3. The topological polar surface area (TPSA) is 120 Å². The van der Waals surface area contributed by atoms with Crippen LogP contribution in [0.25, 0.3) is 5.57 Å². The number of carbonyl (C=O) groups is 1. The van der Waals surface area contributed by atoms with Crippen LogP contribution in [0.3, 0.4) is 0 Å². The molecule has 1 amide bonds. The van der Waals surface area contributed by atoms with Gasteiger partial charge in [-0.3, -0.25) is 20.2 Å². The molecule has 0 bridgehead atoms. The first-order valence-corrected chi connectivity index (χ1v) is 13.3. The number of fused-ring (bicyclic) bond motifs is 2. The van der Waals surface area contributed by atoms with Crippen LogP contribution in [0.4, 0.5) is 10.2 Å². The van der Waals surface area contributed by atoms with E-state index in [0.29, 0.717) is 32.5 Å². The quantitative estimate of drug-likeness (QED) is 0.424. The van der Waals surface area contributed by atoms with E-state index in [1.807, 2.05) is 31.1 Å². The Labute approximate surface area is 230 Å². The van der Waals surface area contributed by atoms with Crippen molar-refractivity contribution in [1.29, 1.82) is 0 Å². The van der Waals surface area contributed by atoms with Gasteiger partial charge in [-0.2, -0.15) is 0 Å². The monoisotopic (exact) mass is 553 g/mol. The van der Waals surface area contributed by atoms with Gasteiger partial charge in [-0.05, 0) is 38.8 Å². The summed E-state index contributed by atoms with van der Waals surface area (Å²) in [5.74, 6) is 0.522. The normalized spacial score (nSPS) is 21.8. The van der Waals surface area contributed by atoms with E-state index in [-0.39, 0.29) is 16.9 Å². The number of hydrazine groups is 2. The lowest BCUT2D eigenvalue weighted by molar-refractivity contribution is 0.0886. The number of allylic oxidation sites excluding steroid dienone is 2. The Hall–Kier alpha value is -3.58. The molecular weight excluding hydrogens is 525 g/mol. The third-order valence-electron chi connectivity index (χ3n) is 7.34. The van der Waals surface area contributed by atoms with Crippen LogP contribution in [-0.2, 0) is 4.74 Å². The zero-order valence-corrected chi connectivity index (χ0v) is 22.3. The third-order valence-corrected chi connectivity index (χ3v) is 7.63. The molecule has 0 spiro atoms. The van der Waals surface area contributed by atoms with E-state index in [1.165, 1.54) is 5.57 Å². The van der Waals surface area contributed by atoms with Gasteiger partial charge in [-0.25, -0.2) is 25.2 Å². The molecule has 0 aromatic carbocycles. The third kappa shape index (κ3) is 4.96. The maximum atomic E-state index is 13.3. The minimum atomic E-state index is -0.583. The lowest BCUT2D eigenvalue weighted by atomic mass is 9.89. The van der Waals surface area contributed by atoms with Crippen LogP contribution in [-0.4, -0.2) is 63.8 Å². The van der Waals surface area contributed by atoms with Gasteiger partial charge in [0.2, 0.25) is 0 Å². The van der Waals surface area contributed by atoms with Crippen molar-refractivity contribution in [2.45, 2.75) is 38.4 Å². The summed E-state index contributed by atoms with van der Waals surface area (Å²) in [7, 11) is 0. The number of rotatable bonds is 6. The van der Waals surface area contributed by atoms with Crippen molar-refractivity contribution in [3.8, 4) is 0 Å². The second-order valence-corrected chi connectivity index (χ2v) is 10.5. The van der Waals surface area contributed by atoms with Gasteiger partial charge in [0.15, 0.2) is 0 Å².